The summed E-state index contributed by atoms with van der Waals surface area (Å²) in [5, 5.41) is 13.3. The molecule has 178 valence electrons. The fraction of sp³-hybridized carbons (Fsp3) is 0.652. The average molecular weight is 467 g/mol. The number of rotatable bonds is 6. The van der Waals surface area contributed by atoms with Crippen molar-refractivity contribution in [1.29, 1.82) is 0 Å². The summed E-state index contributed by atoms with van der Waals surface area (Å²) in [5.41, 5.74) is 1.63. The maximum absolute atomic E-state index is 12.8. The van der Waals surface area contributed by atoms with Crippen LogP contribution in [0.25, 0.3) is 0 Å². The van der Waals surface area contributed by atoms with Gasteiger partial charge in [0.25, 0.3) is 0 Å². The van der Waals surface area contributed by atoms with Gasteiger partial charge in [-0.05, 0) is 23.5 Å². The summed E-state index contributed by atoms with van der Waals surface area (Å²) >= 11 is 6.26. The van der Waals surface area contributed by atoms with Crippen LogP contribution in [0.4, 0.5) is 10.5 Å². The first-order valence-electron chi connectivity index (χ1n) is 11.2. The van der Waals surface area contributed by atoms with Crippen molar-refractivity contribution >= 4 is 29.3 Å². The summed E-state index contributed by atoms with van der Waals surface area (Å²) in [4.78, 5) is 30.1. The van der Waals surface area contributed by atoms with E-state index in [1.165, 1.54) is 4.90 Å². The summed E-state index contributed by atoms with van der Waals surface area (Å²) in [6, 6.07) is 3.88. The second-order valence-corrected chi connectivity index (χ2v) is 9.99. The lowest BCUT2D eigenvalue weighted by Crippen LogP contribution is -2.73. The predicted molar refractivity (Wildman–Crippen MR) is 126 cm³/mol. The normalized spacial score (nSPS) is 21.8. The Morgan fingerprint density at radius 1 is 1.22 bits per heavy atom. The number of likely N-dealkylation sites (tertiary alicyclic amines) is 1. The number of methoxy groups -OCH3 is 1. The van der Waals surface area contributed by atoms with Gasteiger partial charge in [-0.25, -0.2) is 4.79 Å². The average Bonchev–Trinajstić information content (AvgIpc) is 2.70. The van der Waals surface area contributed by atoms with E-state index in [1.807, 2.05) is 17.9 Å². The summed E-state index contributed by atoms with van der Waals surface area (Å²) in [7, 11) is 1.58. The van der Waals surface area contributed by atoms with Gasteiger partial charge in [0, 0.05) is 49.9 Å². The zero-order valence-corrected chi connectivity index (χ0v) is 20.4. The molecule has 2 amide bonds. The van der Waals surface area contributed by atoms with Crippen LogP contribution >= 0.6 is 11.6 Å². The molecule has 2 aliphatic heterocycles. The zero-order valence-electron chi connectivity index (χ0n) is 19.7. The Balaban J connectivity index is 1.55. The Kier molecular flexibility index (Phi) is 7.45. The molecule has 0 spiro atoms. The number of halogens is 1. The van der Waals surface area contributed by atoms with Crippen LogP contribution in [-0.2, 0) is 11.2 Å². The molecule has 2 heterocycles. The molecular weight excluding hydrogens is 432 g/mol. The molecule has 2 aliphatic rings. The van der Waals surface area contributed by atoms with Crippen molar-refractivity contribution in [2.24, 2.45) is 5.41 Å². The number of carbonyl (C=O) groups is 2. The minimum absolute atomic E-state index is 0.0333. The number of anilines is 1. The molecule has 1 aromatic carbocycles. The Bertz CT molecular complexity index is 849. The molecule has 2 atom stereocenters. The molecule has 2 fully saturated rings. The molecular formula is C23H35ClN4O4. The van der Waals surface area contributed by atoms with Crippen LogP contribution < -0.4 is 10.1 Å². The van der Waals surface area contributed by atoms with E-state index in [9.17, 15) is 14.7 Å². The number of aryl methyl sites for hydroxylation is 1. The monoisotopic (exact) mass is 466 g/mol. The number of carbonyl (C=O) groups excluding carboxylic acids is 1. The quantitative estimate of drug-likeness (QED) is 0.669. The highest BCUT2D eigenvalue weighted by Gasteiger charge is 2.51. The number of hydrogen-bond donors (Lipinski definition) is 2. The smallest absolute Gasteiger partial charge is 0.407 e. The number of nitrogens with zero attached hydrogens (tertiary/aromatic N) is 3. The van der Waals surface area contributed by atoms with Crippen LogP contribution in [0, 0.1) is 5.41 Å². The van der Waals surface area contributed by atoms with E-state index in [1.54, 1.807) is 13.2 Å². The van der Waals surface area contributed by atoms with E-state index in [2.05, 4.69) is 31.0 Å². The van der Waals surface area contributed by atoms with Gasteiger partial charge < -0.3 is 25.0 Å². The lowest BCUT2D eigenvalue weighted by Gasteiger charge is -2.57. The SMILES string of the molecule is CCc1cc(NCC(=O)N2CCN(C3CN(C(=O)O)C3C(C)(C)C)CC2)c(OC)cc1Cl. The molecule has 8 nitrogen and oxygen atoms in total. The molecule has 2 N–H and O–H groups in total. The van der Waals surface area contributed by atoms with Gasteiger partial charge in [-0.15, -0.1) is 0 Å². The molecule has 0 aliphatic carbocycles. The fourth-order valence-corrected chi connectivity index (χ4v) is 5.09. The van der Waals surface area contributed by atoms with Crippen LogP contribution in [0.3, 0.4) is 0 Å². The maximum atomic E-state index is 12.8. The molecule has 1 aromatic rings. The summed E-state index contributed by atoms with van der Waals surface area (Å²) < 4.78 is 5.40. The molecule has 0 saturated carbocycles. The highest BCUT2D eigenvalue weighted by Crippen LogP contribution is 2.37. The number of nitrogens with one attached hydrogen (secondary N) is 1. The third-order valence-corrected chi connectivity index (χ3v) is 6.88. The lowest BCUT2D eigenvalue weighted by atomic mass is 9.75. The fourth-order valence-electron chi connectivity index (χ4n) is 4.80. The third kappa shape index (κ3) is 5.07. The Morgan fingerprint density at radius 2 is 1.88 bits per heavy atom. The molecule has 32 heavy (non-hydrogen) atoms. The van der Waals surface area contributed by atoms with Crippen molar-refractivity contribution < 1.29 is 19.4 Å². The third-order valence-electron chi connectivity index (χ3n) is 6.53. The minimum Gasteiger partial charge on any atom is -0.495 e. The van der Waals surface area contributed by atoms with E-state index in [4.69, 9.17) is 16.3 Å². The molecule has 3 rings (SSSR count). The van der Waals surface area contributed by atoms with Crippen LogP contribution in [0.15, 0.2) is 12.1 Å². The number of ether oxygens (including phenoxy) is 1. The van der Waals surface area contributed by atoms with E-state index in [-0.39, 0.29) is 30.0 Å². The largest absolute Gasteiger partial charge is 0.495 e. The number of carboxylic acid groups (broad SMARTS) is 1. The zero-order chi connectivity index (χ0) is 23.6. The highest BCUT2D eigenvalue weighted by atomic mass is 35.5. The van der Waals surface area contributed by atoms with Gasteiger partial charge in [0.05, 0.1) is 25.4 Å². The highest BCUT2D eigenvalue weighted by molar-refractivity contribution is 6.31. The number of hydrogen-bond acceptors (Lipinski definition) is 5. The van der Waals surface area contributed by atoms with E-state index in [0.29, 0.717) is 30.4 Å². The van der Waals surface area contributed by atoms with Crippen molar-refractivity contribution in [2.45, 2.75) is 46.2 Å². The molecule has 0 radical (unpaired) electrons. The van der Waals surface area contributed by atoms with Gasteiger partial charge in [0.15, 0.2) is 0 Å². The molecule has 2 unspecified atom stereocenters. The van der Waals surface area contributed by atoms with Crippen LogP contribution in [-0.4, -0.2) is 90.3 Å². The molecule has 0 bridgehead atoms. The summed E-state index contributed by atoms with van der Waals surface area (Å²) in [6.07, 6.45) is -0.0615. The summed E-state index contributed by atoms with van der Waals surface area (Å²) in [6.45, 7) is 11.8. The van der Waals surface area contributed by atoms with Gasteiger partial charge in [-0.1, -0.05) is 39.3 Å². The lowest BCUT2D eigenvalue weighted by molar-refractivity contribution is -0.133. The van der Waals surface area contributed by atoms with Crippen LogP contribution in [0.1, 0.15) is 33.3 Å². The van der Waals surface area contributed by atoms with Crippen molar-refractivity contribution in [1.82, 2.24) is 14.7 Å². The maximum Gasteiger partial charge on any atom is 0.407 e. The standard InChI is InChI=1S/C23H35ClN4O4/c1-6-15-11-17(19(32-5)12-16(15)24)25-13-20(29)27-9-7-26(8-10-27)18-14-28(22(30)31)21(18)23(2,3)4/h11-12,18,21,25H,6-10,13-14H2,1-5H3,(H,30,31). The van der Waals surface area contributed by atoms with Crippen molar-refractivity contribution in [3.05, 3.63) is 22.7 Å². The first kappa shape index (κ1) is 24.5. The molecule has 2 saturated heterocycles. The van der Waals surface area contributed by atoms with Gasteiger partial charge in [0.1, 0.15) is 5.75 Å². The van der Waals surface area contributed by atoms with E-state index >= 15 is 0 Å². The minimum atomic E-state index is -0.857. The van der Waals surface area contributed by atoms with Crippen LogP contribution in [0.2, 0.25) is 5.02 Å². The van der Waals surface area contributed by atoms with E-state index in [0.717, 1.165) is 30.8 Å². The van der Waals surface area contributed by atoms with Gasteiger partial charge >= 0.3 is 6.09 Å². The number of benzene rings is 1. The van der Waals surface area contributed by atoms with Gasteiger partial charge in [0.2, 0.25) is 5.91 Å². The molecule has 0 aromatic heterocycles. The second-order valence-electron chi connectivity index (χ2n) is 9.58. The topological polar surface area (TPSA) is 85.4 Å². The first-order chi connectivity index (χ1) is 15.1. The first-order valence-corrected chi connectivity index (χ1v) is 11.6. The number of amides is 2. The summed E-state index contributed by atoms with van der Waals surface area (Å²) in [5.74, 6) is 0.652. The van der Waals surface area contributed by atoms with Crippen LogP contribution in [0.5, 0.6) is 5.75 Å². The van der Waals surface area contributed by atoms with Gasteiger partial charge in [-0.3, -0.25) is 9.69 Å². The van der Waals surface area contributed by atoms with Crippen molar-refractivity contribution in [3.8, 4) is 5.75 Å². The van der Waals surface area contributed by atoms with E-state index < -0.39 is 6.09 Å². The van der Waals surface area contributed by atoms with Crippen molar-refractivity contribution in [2.75, 3.05) is 51.7 Å². The predicted octanol–water partition coefficient (Wildman–Crippen LogP) is 3.24. The van der Waals surface area contributed by atoms with Gasteiger partial charge in [-0.2, -0.15) is 0 Å². The second kappa shape index (κ2) is 9.75. The number of piperazine rings is 1. The Morgan fingerprint density at radius 3 is 2.41 bits per heavy atom. The Labute approximate surface area is 195 Å². The Hall–Kier alpha value is -2.19. The van der Waals surface area contributed by atoms with Crippen molar-refractivity contribution in [3.63, 3.8) is 0 Å². The molecule has 9 heteroatoms.